The summed E-state index contributed by atoms with van der Waals surface area (Å²) in [5, 5.41) is 11.1. The predicted molar refractivity (Wildman–Crippen MR) is 74.8 cm³/mol. The third-order valence-corrected chi connectivity index (χ3v) is 4.12. The van der Waals surface area contributed by atoms with E-state index >= 15 is 0 Å². The fourth-order valence-electron chi connectivity index (χ4n) is 3.07. The van der Waals surface area contributed by atoms with Gasteiger partial charge in [-0.2, -0.15) is 0 Å². The van der Waals surface area contributed by atoms with Crippen LogP contribution in [0, 0.1) is 16.0 Å². The number of nitro benzene ring substituents is 1. The molecule has 3 unspecified atom stereocenters. The molecule has 5 heteroatoms. The number of rotatable bonds is 4. The van der Waals surface area contributed by atoms with Gasteiger partial charge in [0.25, 0.3) is 5.69 Å². The van der Waals surface area contributed by atoms with Gasteiger partial charge in [0.15, 0.2) is 0 Å². The molecule has 1 aliphatic rings. The van der Waals surface area contributed by atoms with Gasteiger partial charge in [-0.1, -0.05) is 18.2 Å². The summed E-state index contributed by atoms with van der Waals surface area (Å²) in [6.07, 6.45) is 1.07. The summed E-state index contributed by atoms with van der Waals surface area (Å²) in [6, 6.07) is 7.47. The Morgan fingerprint density at radius 1 is 1.53 bits per heavy atom. The first kappa shape index (κ1) is 14.0. The molecule has 2 rings (SSSR count). The topological polar surface area (TPSA) is 72.4 Å². The van der Waals surface area contributed by atoms with Crippen LogP contribution in [0.3, 0.4) is 0 Å². The molecule has 0 aromatic heterocycles. The SMILES string of the molecule is CC1CC(CN)CN1C(C)c1ccccc1[N+](=O)[O-]. The van der Waals surface area contributed by atoms with Crippen molar-refractivity contribution in [2.45, 2.75) is 32.4 Å². The van der Waals surface area contributed by atoms with E-state index in [1.54, 1.807) is 12.1 Å². The second-order valence-corrected chi connectivity index (χ2v) is 5.38. The molecular weight excluding hydrogens is 242 g/mol. The zero-order valence-corrected chi connectivity index (χ0v) is 11.5. The summed E-state index contributed by atoms with van der Waals surface area (Å²) in [4.78, 5) is 13.1. The Balaban J connectivity index is 2.25. The molecule has 1 fully saturated rings. The Hall–Kier alpha value is -1.46. The van der Waals surface area contributed by atoms with Crippen molar-refractivity contribution >= 4 is 5.69 Å². The van der Waals surface area contributed by atoms with Crippen LogP contribution >= 0.6 is 0 Å². The normalized spacial score (nSPS) is 25.4. The summed E-state index contributed by atoms with van der Waals surface area (Å²) in [6.45, 7) is 5.81. The number of likely N-dealkylation sites (tertiary alicyclic amines) is 1. The van der Waals surface area contributed by atoms with Crippen LogP contribution in [0.2, 0.25) is 0 Å². The van der Waals surface area contributed by atoms with Gasteiger partial charge in [0.05, 0.1) is 4.92 Å². The van der Waals surface area contributed by atoms with Crippen LogP contribution in [0.4, 0.5) is 5.69 Å². The summed E-state index contributed by atoms with van der Waals surface area (Å²) in [5.41, 5.74) is 6.74. The molecule has 0 radical (unpaired) electrons. The minimum absolute atomic E-state index is 0.0492. The molecule has 3 atom stereocenters. The van der Waals surface area contributed by atoms with Crippen molar-refractivity contribution < 1.29 is 4.92 Å². The number of nitrogens with two attached hydrogens (primary N) is 1. The number of para-hydroxylation sites is 1. The molecule has 0 bridgehead atoms. The minimum Gasteiger partial charge on any atom is -0.330 e. The lowest BCUT2D eigenvalue weighted by Gasteiger charge is -2.28. The number of nitrogens with zero attached hydrogens (tertiary/aromatic N) is 2. The maximum atomic E-state index is 11.1. The van der Waals surface area contributed by atoms with Gasteiger partial charge in [-0.05, 0) is 32.7 Å². The van der Waals surface area contributed by atoms with E-state index in [1.165, 1.54) is 0 Å². The van der Waals surface area contributed by atoms with Crippen LogP contribution in [0.5, 0.6) is 0 Å². The van der Waals surface area contributed by atoms with Crippen molar-refractivity contribution in [2.24, 2.45) is 11.7 Å². The molecule has 0 aliphatic carbocycles. The van der Waals surface area contributed by atoms with Gasteiger partial charge in [0.2, 0.25) is 0 Å². The third kappa shape index (κ3) is 2.77. The number of hydrogen-bond acceptors (Lipinski definition) is 4. The van der Waals surface area contributed by atoms with E-state index < -0.39 is 0 Å². The summed E-state index contributed by atoms with van der Waals surface area (Å²) < 4.78 is 0. The summed E-state index contributed by atoms with van der Waals surface area (Å²) >= 11 is 0. The lowest BCUT2D eigenvalue weighted by molar-refractivity contribution is -0.386. The molecule has 2 N–H and O–H groups in total. The summed E-state index contributed by atoms with van der Waals surface area (Å²) in [7, 11) is 0. The Morgan fingerprint density at radius 2 is 2.21 bits per heavy atom. The quantitative estimate of drug-likeness (QED) is 0.668. The molecule has 0 amide bonds. The highest BCUT2D eigenvalue weighted by Crippen LogP contribution is 2.35. The molecule has 0 spiro atoms. The Labute approximate surface area is 113 Å². The highest BCUT2D eigenvalue weighted by atomic mass is 16.6. The third-order valence-electron chi connectivity index (χ3n) is 4.12. The van der Waals surface area contributed by atoms with Gasteiger partial charge in [-0.3, -0.25) is 15.0 Å². The molecule has 1 aromatic rings. The maximum Gasteiger partial charge on any atom is 0.274 e. The minimum atomic E-state index is -0.299. The smallest absolute Gasteiger partial charge is 0.274 e. The van der Waals surface area contributed by atoms with E-state index in [0.717, 1.165) is 18.5 Å². The van der Waals surface area contributed by atoms with Crippen LogP contribution in [0.25, 0.3) is 0 Å². The average Bonchev–Trinajstić information content (AvgIpc) is 2.79. The van der Waals surface area contributed by atoms with Crippen molar-refractivity contribution in [3.8, 4) is 0 Å². The van der Waals surface area contributed by atoms with Crippen LogP contribution in [0.15, 0.2) is 24.3 Å². The second-order valence-electron chi connectivity index (χ2n) is 5.38. The highest BCUT2D eigenvalue weighted by Gasteiger charge is 2.33. The van der Waals surface area contributed by atoms with Gasteiger partial charge < -0.3 is 5.73 Å². The predicted octanol–water partition coefficient (Wildman–Crippen LogP) is 2.32. The van der Waals surface area contributed by atoms with Gasteiger partial charge >= 0.3 is 0 Å². The first-order valence-electron chi connectivity index (χ1n) is 6.73. The van der Waals surface area contributed by atoms with Crippen LogP contribution < -0.4 is 5.73 Å². The molecule has 1 heterocycles. The van der Waals surface area contributed by atoms with Crippen molar-refractivity contribution in [1.82, 2.24) is 4.90 Å². The molecule has 5 nitrogen and oxygen atoms in total. The number of hydrogen-bond donors (Lipinski definition) is 1. The lowest BCUT2D eigenvalue weighted by Crippen LogP contribution is -2.31. The van der Waals surface area contributed by atoms with E-state index in [0.29, 0.717) is 18.5 Å². The summed E-state index contributed by atoms with van der Waals surface area (Å²) in [5.74, 6) is 0.500. The molecular formula is C14H21N3O2. The van der Waals surface area contributed by atoms with Gasteiger partial charge in [-0.15, -0.1) is 0 Å². The molecule has 104 valence electrons. The zero-order valence-electron chi connectivity index (χ0n) is 11.5. The van der Waals surface area contributed by atoms with Crippen molar-refractivity contribution in [3.05, 3.63) is 39.9 Å². The fraction of sp³-hybridized carbons (Fsp3) is 0.571. The second kappa shape index (κ2) is 5.67. The Bertz CT molecular complexity index is 464. The zero-order chi connectivity index (χ0) is 14.0. The molecule has 0 saturated carbocycles. The Kier molecular flexibility index (Phi) is 4.17. The van der Waals surface area contributed by atoms with Crippen molar-refractivity contribution in [2.75, 3.05) is 13.1 Å². The largest absolute Gasteiger partial charge is 0.330 e. The van der Waals surface area contributed by atoms with E-state index in [9.17, 15) is 10.1 Å². The highest BCUT2D eigenvalue weighted by molar-refractivity contribution is 5.41. The standard InChI is InChI=1S/C14H21N3O2/c1-10-7-12(8-15)9-16(10)11(2)13-5-3-4-6-14(13)17(18)19/h3-6,10-12H,7-9,15H2,1-2H3. The van der Waals surface area contributed by atoms with Crippen LogP contribution in [-0.2, 0) is 0 Å². The van der Waals surface area contributed by atoms with E-state index in [2.05, 4.69) is 11.8 Å². The maximum absolute atomic E-state index is 11.1. The lowest BCUT2D eigenvalue weighted by atomic mass is 10.0. The van der Waals surface area contributed by atoms with Gasteiger partial charge in [-0.25, -0.2) is 0 Å². The van der Waals surface area contributed by atoms with Gasteiger partial charge in [0, 0.05) is 30.3 Å². The Morgan fingerprint density at radius 3 is 2.79 bits per heavy atom. The first-order valence-corrected chi connectivity index (χ1v) is 6.73. The van der Waals surface area contributed by atoms with E-state index in [1.807, 2.05) is 19.1 Å². The van der Waals surface area contributed by atoms with Crippen molar-refractivity contribution in [3.63, 3.8) is 0 Å². The molecule has 1 aromatic carbocycles. The number of nitro groups is 1. The molecule has 19 heavy (non-hydrogen) atoms. The van der Waals surface area contributed by atoms with Crippen LogP contribution in [0.1, 0.15) is 31.9 Å². The molecule has 1 saturated heterocycles. The van der Waals surface area contributed by atoms with E-state index in [-0.39, 0.29) is 16.7 Å². The van der Waals surface area contributed by atoms with Gasteiger partial charge in [0.1, 0.15) is 0 Å². The first-order chi connectivity index (χ1) is 9.04. The van der Waals surface area contributed by atoms with Crippen LogP contribution in [-0.4, -0.2) is 29.0 Å². The number of benzene rings is 1. The fourth-order valence-corrected chi connectivity index (χ4v) is 3.07. The van der Waals surface area contributed by atoms with Crippen molar-refractivity contribution in [1.29, 1.82) is 0 Å². The molecule has 1 aliphatic heterocycles. The average molecular weight is 263 g/mol. The van der Waals surface area contributed by atoms with E-state index in [4.69, 9.17) is 5.73 Å². The monoisotopic (exact) mass is 263 g/mol.